The molecule has 1 aromatic heterocycles. The molecule has 120 valence electrons. The SMILES string of the molecule is O=C(CNC(=O)C1(c2cccc(Br)c2)CC1)NCc1ccco1. The molecule has 0 bridgehead atoms. The molecular weight excluding hydrogens is 360 g/mol. The summed E-state index contributed by atoms with van der Waals surface area (Å²) < 4.78 is 6.09. The molecule has 2 aromatic rings. The molecule has 23 heavy (non-hydrogen) atoms. The van der Waals surface area contributed by atoms with Crippen LogP contribution in [0, 0.1) is 0 Å². The van der Waals surface area contributed by atoms with Gasteiger partial charge >= 0.3 is 0 Å². The fourth-order valence-electron chi connectivity index (χ4n) is 2.55. The first-order valence-electron chi connectivity index (χ1n) is 7.44. The van der Waals surface area contributed by atoms with E-state index in [1.807, 2.05) is 24.3 Å². The summed E-state index contributed by atoms with van der Waals surface area (Å²) in [5.41, 5.74) is 0.505. The topological polar surface area (TPSA) is 71.3 Å². The van der Waals surface area contributed by atoms with Gasteiger partial charge in [0.05, 0.1) is 24.8 Å². The van der Waals surface area contributed by atoms with E-state index in [1.165, 1.54) is 0 Å². The summed E-state index contributed by atoms with van der Waals surface area (Å²) in [6, 6.07) is 11.3. The van der Waals surface area contributed by atoms with Crippen molar-refractivity contribution in [3.8, 4) is 0 Å². The van der Waals surface area contributed by atoms with E-state index >= 15 is 0 Å². The fourth-order valence-corrected chi connectivity index (χ4v) is 2.95. The number of nitrogens with one attached hydrogen (secondary N) is 2. The van der Waals surface area contributed by atoms with Crippen molar-refractivity contribution in [2.75, 3.05) is 6.54 Å². The summed E-state index contributed by atoms with van der Waals surface area (Å²) in [6.07, 6.45) is 3.17. The Morgan fingerprint density at radius 2 is 2.00 bits per heavy atom. The van der Waals surface area contributed by atoms with E-state index in [-0.39, 0.29) is 18.4 Å². The molecule has 0 atom stereocenters. The largest absolute Gasteiger partial charge is 0.467 e. The average molecular weight is 377 g/mol. The highest BCUT2D eigenvalue weighted by atomic mass is 79.9. The van der Waals surface area contributed by atoms with Gasteiger partial charge in [0.25, 0.3) is 0 Å². The standard InChI is InChI=1S/C17H17BrN2O3/c18-13-4-1-3-12(9-13)17(6-7-17)16(22)20-11-15(21)19-10-14-5-2-8-23-14/h1-5,8-9H,6-7,10-11H2,(H,19,21)(H,20,22). The van der Waals surface area contributed by atoms with Crippen molar-refractivity contribution in [2.24, 2.45) is 0 Å². The van der Waals surface area contributed by atoms with E-state index in [1.54, 1.807) is 18.4 Å². The van der Waals surface area contributed by atoms with Gasteiger partial charge in [-0.1, -0.05) is 28.1 Å². The van der Waals surface area contributed by atoms with E-state index in [2.05, 4.69) is 26.6 Å². The number of furan rings is 1. The normalized spacial score (nSPS) is 15.0. The number of halogens is 1. The van der Waals surface area contributed by atoms with E-state index in [4.69, 9.17) is 4.42 Å². The molecule has 2 N–H and O–H groups in total. The molecule has 1 saturated carbocycles. The molecule has 0 aliphatic heterocycles. The van der Waals surface area contributed by atoms with Crippen molar-refractivity contribution in [3.05, 3.63) is 58.5 Å². The Kier molecular flexibility index (Phi) is 4.52. The first-order valence-corrected chi connectivity index (χ1v) is 8.23. The first-order chi connectivity index (χ1) is 11.1. The summed E-state index contributed by atoms with van der Waals surface area (Å²) in [7, 11) is 0. The summed E-state index contributed by atoms with van der Waals surface area (Å²) in [4.78, 5) is 24.3. The predicted octanol–water partition coefficient (Wildman–Crippen LogP) is 2.51. The third-order valence-corrected chi connectivity index (χ3v) is 4.50. The second kappa shape index (κ2) is 6.58. The van der Waals surface area contributed by atoms with Gasteiger partial charge in [-0.25, -0.2) is 0 Å². The van der Waals surface area contributed by atoms with Crippen LogP contribution in [0.4, 0.5) is 0 Å². The zero-order chi connectivity index (χ0) is 16.3. The van der Waals surface area contributed by atoms with Gasteiger partial charge in [0.15, 0.2) is 0 Å². The van der Waals surface area contributed by atoms with Crippen LogP contribution in [-0.4, -0.2) is 18.4 Å². The Balaban J connectivity index is 1.52. The van der Waals surface area contributed by atoms with E-state index < -0.39 is 5.41 Å². The Morgan fingerprint density at radius 3 is 2.65 bits per heavy atom. The Morgan fingerprint density at radius 1 is 1.17 bits per heavy atom. The number of carbonyl (C=O) groups excluding carboxylic acids is 2. The summed E-state index contributed by atoms with van der Waals surface area (Å²) in [5, 5.41) is 5.44. The van der Waals surface area contributed by atoms with Crippen LogP contribution in [0.15, 0.2) is 51.6 Å². The van der Waals surface area contributed by atoms with E-state index in [0.29, 0.717) is 12.3 Å². The second-order valence-corrected chi connectivity index (χ2v) is 6.55. The van der Waals surface area contributed by atoms with Crippen molar-refractivity contribution in [3.63, 3.8) is 0 Å². The maximum absolute atomic E-state index is 12.5. The van der Waals surface area contributed by atoms with Gasteiger partial charge in [0.2, 0.25) is 11.8 Å². The highest BCUT2D eigenvalue weighted by molar-refractivity contribution is 9.10. The number of benzene rings is 1. The van der Waals surface area contributed by atoms with Crippen LogP contribution in [0.1, 0.15) is 24.2 Å². The number of rotatable bonds is 6. The lowest BCUT2D eigenvalue weighted by Crippen LogP contribution is -2.41. The van der Waals surface area contributed by atoms with Gasteiger partial charge in [-0.2, -0.15) is 0 Å². The van der Waals surface area contributed by atoms with Crippen LogP contribution < -0.4 is 10.6 Å². The number of hydrogen-bond acceptors (Lipinski definition) is 3. The molecule has 3 rings (SSSR count). The van der Waals surface area contributed by atoms with Crippen LogP contribution in [0.2, 0.25) is 0 Å². The smallest absolute Gasteiger partial charge is 0.239 e. The molecule has 1 aliphatic carbocycles. The molecule has 0 saturated heterocycles. The molecule has 1 aliphatic rings. The Hall–Kier alpha value is -2.08. The molecule has 6 heteroatoms. The van der Waals surface area contributed by atoms with Crippen molar-refractivity contribution < 1.29 is 14.0 Å². The van der Waals surface area contributed by atoms with Gasteiger partial charge in [-0.15, -0.1) is 0 Å². The van der Waals surface area contributed by atoms with E-state index in [9.17, 15) is 9.59 Å². The molecule has 0 spiro atoms. The van der Waals surface area contributed by atoms with Crippen LogP contribution in [-0.2, 0) is 21.5 Å². The molecule has 0 unspecified atom stereocenters. The molecule has 2 amide bonds. The van der Waals surface area contributed by atoms with Crippen molar-refractivity contribution in [1.82, 2.24) is 10.6 Å². The molecular formula is C17H17BrN2O3. The lowest BCUT2D eigenvalue weighted by Gasteiger charge is -2.16. The monoisotopic (exact) mass is 376 g/mol. The van der Waals surface area contributed by atoms with Gasteiger partial charge in [0, 0.05) is 4.47 Å². The van der Waals surface area contributed by atoms with Crippen molar-refractivity contribution in [1.29, 1.82) is 0 Å². The summed E-state index contributed by atoms with van der Waals surface area (Å²) in [6.45, 7) is 0.285. The maximum Gasteiger partial charge on any atom is 0.239 e. The first kappa shape index (κ1) is 15.8. The van der Waals surface area contributed by atoms with Crippen LogP contribution in [0.25, 0.3) is 0 Å². The number of carbonyl (C=O) groups is 2. The molecule has 0 radical (unpaired) electrons. The predicted molar refractivity (Wildman–Crippen MR) is 88.6 cm³/mol. The molecule has 5 nitrogen and oxygen atoms in total. The zero-order valence-corrected chi connectivity index (χ0v) is 14.1. The lowest BCUT2D eigenvalue weighted by atomic mass is 9.95. The number of hydrogen-bond donors (Lipinski definition) is 2. The second-order valence-electron chi connectivity index (χ2n) is 5.63. The quantitative estimate of drug-likeness (QED) is 0.813. The van der Waals surface area contributed by atoms with Crippen molar-refractivity contribution in [2.45, 2.75) is 24.8 Å². The molecule has 1 heterocycles. The van der Waals surface area contributed by atoms with Crippen LogP contribution in [0.3, 0.4) is 0 Å². The lowest BCUT2D eigenvalue weighted by molar-refractivity contribution is -0.127. The average Bonchev–Trinajstić information content (AvgIpc) is 3.20. The Labute approximate surface area is 142 Å². The third kappa shape index (κ3) is 3.64. The van der Waals surface area contributed by atoms with Crippen LogP contribution >= 0.6 is 15.9 Å². The summed E-state index contributed by atoms with van der Waals surface area (Å²) in [5.74, 6) is 0.348. The van der Waals surface area contributed by atoms with Gasteiger partial charge in [-0.05, 0) is 42.7 Å². The maximum atomic E-state index is 12.5. The third-order valence-electron chi connectivity index (χ3n) is 4.01. The van der Waals surface area contributed by atoms with Crippen LogP contribution in [0.5, 0.6) is 0 Å². The zero-order valence-electron chi connectivity index (χ0n) is 12.5. The van der Waals surface area contributed by atoms with Gasteiger partial charge in [0.1, 0.15) is 5.76 Å². The minimum atomic E-state index is -0.481. The number of amides is 2. The molecule has 1 aromatic carbocycles. The van der Waals surface area contributed by atoms with Gasteiger partial charge in [-0.3, -0.25) is 9.59 Å². The minimum absolute atomic E-state index is 0.0324. The van der Waals surface area contributed by atoms with Crippen molar-refractivity contribution >= 4 is 27.7 Å². The summed E-state index contributed by atoms with van der Waals surface area (Å²) >= 11 is 3.43. The fraction of sp³-hybridized carbons (Fsp3) is 0.294. The van der Waals surface area contributed by atoms with E-state index in [0.717, 1.165) is 22.9 Å². The van der Waals surface area contributed by atoms with Gasteiger partial charge < -0.3 is 15.1 Å². The minimum Gasteiger partial charge on any atom is -0.467 e. The highest BCUT2D eigenvalue weighted by Crippen LogP contribution is 2.48. The molecule has 1 fully saturated rings. The highest BCUT2D eigenvalue weighted by Gasteiger charge is 2.51. The Bertz CT molecular complexity index is 708.